The van der Waals surface area contributed by atoms with Gasteiger partial charge in [-0.2, -0.15) is 5.10 Å². The van der Waals surface area contributed by atoms with Crippen molar-refractivity contribution in [2.24, 2.45) is 5.10 Å². The van der Waals surface area contributed by atoms with Crippen LogP contribution >= 0.6 is 27.5 Å². The molecule has 2 amide bonds. The van der Waals surface area contributed by atoms with Crippen molar-refractivity contribution < 1.29 is 23.5 Å². The minimum Gasteiger partial charge on any atom is -0.488 e. The molecule has 0 aliphatic heterocycles. The van der Waals surface area contributed by atoms with Gasteiger partial charge in [0.05, 0.1) is 21.8 Å². The molecule has 0 atom stereocenters. The van der Waals surface area contributed by atoms with Gasteiger partial charge in [-0.15, -0.1) is 0 Å². The van der Waals surface area contributed by atoms with Crippen molar-refractivity contribution in [1.29, 1.82) is 0 Å². The molecule has 7 nitrogen and oxygen atoms in total. The zero-order valence-electron chi connectivity index (χ0n) is 17.7. The molecule has 0 spiro atoms. The van der Waals surface area contributed by atoms with E-state index in [0.717, 1.165) is 0 Å². The molecule has 0 aromatic heterocycles. The van der Waals surface area contributed by atoms with E-state index in [2.05, 4.69) is 31.8 Å². The molecule has 32 heavy (non-hydrogen) atoms. The summed E-state index contributed by atoms with van der Waals surface area (Å²) in [6.45, 7) is 4.64. The van der Waals surface area contributed by atoms with Crippen LogP contribution in [-0.2, 0) is 20.9 Å². The summed E-state index contributed by atoms with van der Waals surface area (Å²) in [4.78, 5) is 23.5. The predicted molar refractivity (Wildman–Crippen MR) is 124 cm³/mol. The fourth-order valence-electron chi connectivity index (χ4n) is 2.42. The molecule has 10 heteroatoms. The molecule has 2 rings (SSSR count). The predicted octanol–water partition coefficient (Wildman–Crippen LogP) is 4.20. The Hall–Kier alpha value is -2.49. The normalized spacial score (nSPS) is 11.1. The van der Waals surface area contributed by atoms with Gasteiger partial charge in [-0.05, 0) is 72.1 Å². The minimum absolute atomic E-state index is 0.0354. The Balaban J connectivity index is 1.81. The number of nitrogens with zero attached hydrogens (tertiary/aromatic N) is 1. The molecule has 0 aliphatic carbocycles. The molecule has 2 N–H and O–H groups in total. The summed E-state index contributed by atoms with van der Waals surface area (Å²) in [6, 6.07) is 9.48. The largest absolute Gasteiger partial charge is 0.488 e. The Morgan fingerprint density at radius 1 is 1.25 bits per heavy atom. The molecule has 2 aromatic rings. The highest BCUT2D eigenvalue weighted by Crippen LogP contribution is 2.28. The number of halogens is 3. The number of ether oxygens (including phenoxy) is 2. The average molecular weight is 529 g/mol. The van der Waals surface area contributed by atoms with Gasteiger partial charge >= 0.3 is 11.8 Å². The smallest absolute Gasteiger partial charge is 0.329 e. The van der Waals surface area contributed by atoms with E-state index in [9.17, 15) is 14.0 Å². The summed E-state index contributed by atoms with van der Waals surface area (Å²) in [5, 5.41) is 6.56. The molecule has 0 unspecified atom stereocenters. The Morgan fingerprint density at radius 2 is 2.03 bits per heavy atom. The molecule has 2 aromatic carbocycles. The third kappa shape index (κ3) is 8.57. The van der Waals surface area contributed by atoms with Crippen LogP contribution in [0, 0.1) is 5.82 Å². The molecular formula is C22H24BrClFN3O4. The van der Waals surface area contributed by atoms with E-state index in [0.29, 0.717) is 35.4 Å². The second-order valence-corrected chi connectivity index (χ2v) is 8.17. The number of hydrogen-bond acceptors (Lipinski definition) is 5. The number of carbonyl (C=O) groups is 2. The van der Waals surface area contributed by atoms with Crippen molar-refractivity contribution in [3.63, 3.8) is 0 Å². The molecule has 0 aliphatic rings. The molecule has 0 saturated carbocycles. The third-order valence-corrected chi connectivity index (χ3v) is 5.01. The van der Waals surface area contributed by atoms with Crippen molar-refractivity contribution in [1.82, 2.24) is 10.7 Å². The summed E-state index contributed by atoms with van der Waals surface area (Å²) in [5.41, 5.74) is 3.07. The van der Waals surface area contributed by atoms with E-state index in [1.807, 2.05) is 13.8 Å². The van der Waals surface area contributed by atoms with Crippen LogP contribution in [0.1, 0.15) is 31.4 Å². The molecule has 0 radical (unpaired) electrons. The lowest BCUT2D eigenvalue weighted by atomic mass is 10.2. The number of hydrogen-bond donors (Lipinski definition) is 2. The maximum absolute atomic E-state index is 13.8. The van der Waals surface area contributed by atoms with Crippen LogP contribution in [0.25, 0.3) is 0 Å². The maximum Gasteiger partial charge on any atom is 0.329 e. The Morgan fingerprint density at radius 3 is 2.72 bits per heavy atom. The minimum atomic E-state index is -0.869. The van der Waals surface area contributed by atoms with Crippen molar-refractivity contribution in [2.75, 3.05) is 13.2 Å². The number of nitrogens with one attached hydrogen (secondary N) is 2. The number of hydrazone groups is 1. The monoisotopic (exact) mass is 527 g/mol. The van der Waals surface area contributed by atoms with Crippen LogP contribution < -0.4 is 15.5 Å². The van der Waals surface area contributed by atoms with Gasteiger partial charge in [0.15, 0.2) is 0 Å². The van der Waals surface area contributed by atoms with E-state index in [4.69, 9.17) is 21.1 Å². The fourth-order valence-corrected chi connectivity index (χ4v) is 3.15. The van der Waals surface area contributed by atoms with Gasteiger partial charge < -0.3 is 14.8 Å². The second-order valence-electron chi connectivity index (χ2n) is 6.91. The second kappa shape index (κ2) is 13.1. The van der Waals surface area contributed by atoms with Crippen molar-refractivity contribution in [2.45, 2.75) is 33.0 Å². The number of rotatable bonds is 10. The SMILES string of the molecule is CC(C)OCCCNC(=O)C(=O)N/N=C\c1ccc(OCc2c(F)cccc2Cl)c(Br)c1. The van der Waals surface area contributed by atoms with E-state index in [1.165, 1.54) is 18.3 Å². The van der Waals surface area contributed by atoms with Gasteiger partial charge in [0.2, 0.25) is 0 Å². The van der Waals surface area contributed by atoms with Gasteiger partial charge in [-0.3, -0.25) is 9.59 Å². The van der Waals surface area contributed by atoms with E-state index >= 15 is 0 Å². The summed E-state index contributed by atoms with van der Waals surface area (Å²) < 4.78 is 25.4. The van der Waals surface area contributed by atoms with Crippen molar-refractivity contribution in [3.05, 3.63) is 62.8 Å². The molecule has 172 valence electrons. The van der Waals surface area contributed by atoms with E-state index in [-0.39, 0.29) is 23.3 Å². The molecule has 0 bridgehead atoms. The first-order chi connectivity index (χ1) is 15.3. The highest BCUT2D eigenvalue weighted by molar-refractivity contribution is 9.10. The number of benzene rings is 2. The van der Waals surface area contributed by atoms with Crippen LogP contribution in [0.15, 0.2) is 46.0 Å². The number of carbonyl (C=O) groups excluding carboxylic acids is 2. The summed E-state index contributed by atoms with van der Waals surface area (Å²) in [7, 11) is 0. The van der Waals surface area contributed by atoms with Crippen molar-refractivity contribution >= 4 is 45.6 Å². The highest BCUT2D eigenvalue weighted by Gasteiger charge is 2.12. The Labute approximate surface area is 199 Å². The van der Waals surface area contributed by atoms with Gasteiger partial charge in [0.1, 0.15) is 18.2 Å². The van der Waals surface area contributed by atoms with E-state index in [1.54, 1.807) is 24.3 Å². The summed E-state index contributed by atoms with van der Waals surface area (Å²) >= 11 is 9.38. The van der Waals surface area contributed by atoms with Gasteiger partial charge in [0.25, 0.3) is 0 Å². The van der Waals surface area contributed by atoms with Crippen LogP contribution in [0.4, 0.5) is 4.39 Å². The van der Waals surface area contributed by atoms with Crippen LogP contribution in [0.2, 0.25) is 5.02 Å². The van der Waals surface area contributed by atoms with Crippen LogP contribution in [0.5, 0.6) is 5.75 Å². The maximum atomic E-state index is 13.8. The molecule has 0 saturated heterocycles. The van der Waals surface area contributed by atoms with Crippen molar-refractivity contribution in [3.8, 4) is 5.75 Å². The van der Waals surface area contributed by atoms with Gasteiger partial charge in [-0.25, -0.2) is 9.82 Å². The third-order valence-electron chi connectivity index (χ3n) is 4.03. The first kappa shape index (κ1) is 25.8. The zero-order valence-corrected chi connectivity index (χ0v) is 20.0. The van der Waals surface area contributed by atoms with Gasteiger partial charge in [0, 0.05) is 18.7 Å². The average Bonchev–Trinajstić information content (AvgIpc) is 2.74. The lowest BCUT2D eigenvalue weighted by Gasteiger charge is -2.10. The molecular weight excluding hydrogens is 505 g/mol. The molecule has 0 heterocycles. The highest BCUT2D eigenvalue weighted by atomic mass is 79.9. The summed E-state index contributed by atoms with van der Waals surface area (Å²) in [5.74, 6) is -1.61. The van der Waals surface area contributed by atoms with Crippen LogP contribution in [0.3, 0.4) is 0 Å². The Bertz CT molecular complexity index is 952. The first-order valence-corrected chi connectivity index (χ1v) is 11.0. The topological polar surface area (TPSA) is 89.0 Å². The fraction of sp³-hybridized carbons (Fsp3) is 0.318. The first-order valence-electron chi connectivity index (χ1n) is 9.86. The number of amides is 2. The van der Waals surface area contributed by atoms with Crippen LogP contribution in [-0.4, -0.2) is 37.3 Å². The lowest BCUT2D eigenvalue weighted by molar-refractivity contribution is -0.139. The standard InChI is InChI=1S/C22H24BrClFN3O4/c1-14(2)31-10-4-9-26-21(29)22(30)28-27-12-15-7-8-20(17(23)11-15)32-13-16-18(24)5-3-6-19(16)25/h3,5-8,11-12,14H,4,9-10,13H2,1-2H3,(H,26,29)(H,28,30)/b27-12-. The Kier molecular flexibility index (Phi) is 10.6. The molecule has 0 fully saturated rings. The zero-order chi connectivity index (χ0) is 23.5. The summed E-state index contributed by atoms with van der Waals surface area (Å²) in [6.07, 6.45) is 2.10. The van der Waals surface area contributed by atoms with E-state index < -0.39 is 17.6 Å². The quantitative estimate of drug-likeness (QED) is 0.209. The van der Waals surface area contributed by atoms with Gasteiger partial charge in [-0.1, -0.05) is 17.7 Å². The lowest BCUT2D eigenvalue weighted by Crippen LogP contribution is -2.38.